The number of thiophene rings is 1. The number of fused-ring (bicyclic) bond motifs is 2. The standard InChI is InChI=1S/C26H33N7O4S/c1-12(2)37-19-11-33(10-18(19)32-26(35)36)25-28-9-15-8-16(5-6-17(15)31-25)30-23(34)22-21(27)20-13(3)7-14(4)29-24(20)38-22/h7,9,12,16,18-19,32H,5-6,8,10-11,27H2,1-4H3,(H,30,34)(H,35,36)/t16-,18?,19?/m1/s1. The summed E-state index contributed by atoms with van der Waals surface area (Å²) >= 11 is 1.33. The number of nitrogens with one attached hydrogen (secondary N) is 2. The van der Waals surface area contributed by atoms with Gasteiger partial charge in [-0.2, -0.15) is 0 Å². The normalized spacial score (nSPS) is 21.1. The van der Waals surface area contributed by atoms with Crippen molar-refractivity contribution in [3.63, 3.8) is 0 Å². The summed E-state index contributed by atoms with van der Waals surface area (Å²) in [7, 11) is 0. The largest absolute Gasteiger partial charge is 0.465 e. The molecule has 202 valence electrons. The zero-order chi connectivity index (χ0) is 27.1. The molecule has 2 aliphatic rings. The number of hydrogen-bond donors (Lipinski definition) is 4. The lowest BCUT2D eigenvalue weighted by Gasteiger charge is -2.26. The Morgan fingerprint density at radius 3 is 2.76 bits per heavy atom. The number of aryl methyl sites for hydroxylation is 3. The van der Waals surface area contributed by atoms with Crippen LogP contribution in [0.2, 0.25) is 0 Å². The van der Waals surface area contributed by atoms with E-state index in [0.717, 1.165) is 39.2 Å². The van der Waals surface area contributed by atoms with Gasteiger partial charge in [0.15, 0.2) is 0 Å². The van der Waals surface area contributed by atoms with Crippen molar-refractivity contribution in [2.24, 2.45) is 0 Å². The van der Waals surface area contributed by atoms with Crippen molar-refractivity contribution in [2.45, 2.75) is 71.2 Å². The predicted molar refractivity (Wildman–Crippen MR) is 146 cm³/mol. The van der Waals surface area contributed by atoms with E-state index in [4.69, 9.17) is 15.5 Å². The number of ether oxygens (including phenoxy) is 1. The summed E-state index contributed by atoms with van der Waals surface area (Å²) in [4.78, 5) is 41.6. The molecule has 3 atom stereocenters. The van der Waals surface area contributed by atoms with E-state index in [2.05, 4.69) is 20.6 Å². The first-order valence-electron chi connectivity index (χ1n) is 12.8. The minimum absolute atomic E-state index is 0.0260. The van der Waals surface area contributed by atoms with Crippen LogP contribution in [0.25, 0.3) is 10.2 Å². The SMILES string of the molecule is Cc1cc(C)c2c(N)c(C(=O)N[C@@H]3CCc4nc(N5CC(NC(=O)O)C(OC(C)C)C5)ncc4C3)sc2n1. The van der Waals surface area contributed by atoms with E-state index in [-0.39, 0.29) is 30.2 Å². The highest BCUT2D eigenvalue weighted by Crippen LogP contribution is 2.35. The lowest BCUT2D eigenvalue weighted by Crippen LogP contribution is -2.44. The molecule has 11 nitrogen and oxygen atoms in total. The molecule has 1 fully saturated rings. The van der Waals surface area contributed by atoms with Crippen LogP contribution in [-0.2, 0) is 17.6 Å². The number of nitrogens with zero attached hydrogens (tertiary/aromatic N) is 4. The summed E-state index contributed by atoms with van der Waals surface area (Å²) in [6.45, 7) is 8.72. The van der Waals surface area contributed by atoms with Crippen molar-refractivity contribution < 1.29 is 19.4 Å². The van der Waals surface area contributed by atoms with Crippen LogP contribution < -0.4 is 21.3 Å². The maximum atomic E-state index is 13.1. The number of amides is 2. The molecule has 4 heterocycles. The van der Waals surface area contributed by atoms with Crippen LogP contribution in [0.15, 0.2) is 12.3 Å². The van der Waals surface area contributed by atoms with Crippen LogP contribution in [0.3, 0.4) is 0 Å². The van der Waals surface area contributed by atoms with Crippen molar-refractivity contribution in [1.29, 1.82) is 0 Å². The van der Waals surface area contributed by atoms with Gasteiger partial charge in [-0.25, -0.2) is 19.7 Å². The number of carbonyl (C=O) groups excluding carboxylic acids is 1. The van der Waals surface area contributed by atoms with Crippen LogP contribution in [0.1, 0.15) is 52.5 Å². The molecular formula is C26H33N7O4S. The molecule has 0 radical (unpaired) electrons. The maximum absolute atomic E-state index is 13.1. The lowest BCUT2D eigenvalue weighted by atomic mass is 9.93. The highest BCUT2D eigenvalue weighted by atomic mass is 32.1. The van der Waals surface area contributed by atoms with Crippen molar-refractivity contribution in [2.75, 3.05) is 23.7 Å². The van der Waals surface area contributed by atoms with Crippen LogP contribution in [0.4, 0.5) is 16.4 Å². The van der Waals surface area contributed by atoms with E-state index < -0.39 is 6.09 Å². The van der Waals surface area contributed by atoms with E-state index in [1.807, 2.05) is 44.9 Å². The van der Waals surface area contributed by atoms with Gasteiger partial charge in [-0.15, -0.1) is 11.3 Å². The maximum Gasteiger partial charge on any atom is 0.405 e. The molecule has 5 rings (SSSR count). The second-order valence-corrected chi connectivity index (χ2v) is 11.3. The average molecular weight is 540 g/mol. The fourth-order valence-corrected chi connectivity index (χ4v) is 6.50. The molecule has 2 amide bonds. The van der Waals surface area contributed by atoms with Crippen molar-refractivity contribution >= 4 is 45.2 Å². The molecule has 3 aromatic heterocycles. The quantitative estimate of drug-likeness (QED) is 0.370. The topological polar surface area (TPSA) is 156 Å². The van der Waals surface area contributed by atoms with E-state index in [1.165, 1.54) is 11.3 Å². The van der Waals surface area contributed by atoms with E-state index >= 15 is 0 Å². The highest BCUT2D eigenvalue weighted by molar-refractivity contribution is 7.21. The number of rotatable bonds is 6. The van der Waals surface area contributed by atoms with Gasteiger partial charge in [-0.3, -0.25) is 4.79 Å². The first-order chi connectivity index (χ1) is 18.1. The fraction of sp³-hybridized carbons (Fsp3) is 0.500. The molecule has 0 spiro atoms. The first kappa shape index (κ1) is 26.1. The molecule has 12 heteroatoms. The molecule has 0 aromatic carbocycles. The Kier molecular flexibility index (Phi) is 7.10. The van der Waals surface area contributed by atoms with Gasteiger partial charge in [0, 0.05) is 42.1 Å². The number of nitrogen functional groups attached to an aromatic ring is 1. The van der Waals surface area contributed by atoms with E-state index in [1.54, 1.807) is 0 Å². The number of pyridine rings is 1. The number of nitrogens with two attached hydrogens (primary N) is 1. The van der Waals surface area contributed by atoms with Gasteiger partial charge in [0.1, 0.15) is 9.71 Å². The summed E-state index contributed by atoms with van der Waals surface area (Å²) in [5.41, 5.74) is 10.7. The summed E-state index contributed by atoms with van der Waals surface area (Å²) in [6.07, 6.45) is 2.51. The zero-order valence-electron chi connectivity index (χ0n) is 21.9. The fourth-order valence-electron chi connectivity index (χ4n) is 5.38. The summed E-state index contributed by atoms with van der Waals surface area (Å²) in [5.74, 6) is 0.383. The zero-order valence-corrected chi connectivity index (χ0v) is 22.8. The van der Waals surface area contributed by atoms with Gasteiger partial charge in [0.05, 0.1) is 23.9 Å². The molecule has 3 aromatic rings. The summed E-state index contributed by atoms with van der Waals surface area (Å²) in [6, 6.07) is 1.56. The Morgan fingerprint density at radius 1 is 1.24 bits per heavy atom. The Bertz CT molecular complexity index is 1390. The van der Waals surface area contributed by atoms with Gasteiger partial charge in [-0.05, 0) is 64.2 Å². The Hall–Kier alpha value is -3.51. The second-order valence-electron chi connectivity index (χ2n) is 10.3. The molecule has 0 bridgehead atoms. The molecule has 1 aliphatic carbocycles. The van der Waals surface area contributed by atoms with Gasteiger partial charge >= 0.3 is 6.09 Å². The van der Waals surface area contributed by atoms with Crippen LogP contribution >= 0.6 is 11.3 Å². The molecule has 1 aliphatic heterocycles. The van der Waals surface area contributed by atoms with Gasteiger partial charge in [0.2, 0.25) is 5.95 Å². The monoisotopic (exact) mass is 539 g/mol. The molecule has 1 saturated heterocycles. The highest BCUT2D eigenvalue weighted by Gasteiger charge is 2.37. The third-order valence-corrected chi connectivity index (χ3v) is 8.11. The molecule has 0 saturated carbocycles. The smallest absolute Gasteiger partial charge is 0.405 e. The Labute approximate surface area is 224 Å². The van der Waals surface area contributed by atoms with Crippen molar-refractivity contribution in [3.8, 4) is 0 Å². The van der Waals surface area contributed by atoms with Gasteiger partial charge < -0.3 is 31.1 Å². The second kappa shape index (κ2) is 10.3. The van der Waals surface area contributed by atoms with E-state index in [9.17, 15) is 14.7 Å². The average Bonchev–Trinajstić information content (AvgIpc) is 3.38. The van der Waals surface area contributed by atoms with Gasteiger partial charge in [-0.1, -0.05) is 0 Å². The summed E-state index contributed by atoms with van der Waals surface area (Å²) in [5, 5.41) is 15.8. The summed E-state index contributed by atoms with van der Waals surface area (Å²) < 4.78 is 5.94. The molecular weight excluding hydrogens is 506 g/mol. The first-order valence-corrected chi connectivity index (χ1v) is 13.6. The minimum Gasteiger partial charge on any atom is -0.465 e. The van der Waals surface area contributed by atoms with Crippen LogP contribution in [0, 0.1) is 13.8 Å². The molecule has 2 unspecified atom stereocenters. The minimum atomic E-state index is -1.08. The number of carbonyl (C=O) groups is 2. The molecule has 5 N–H and O–H groups in total. The Morgan fingerprint density at radius 2 is 2.03 bits per heavy atom. The number of carboxylic acid groups (broad SMARTS) is 1. The van der Waals surface area contributed by atoms with Gasteiger partial charge in [0.25, 0.3) is 5.91 Å². The number of hydrogen-bond acceptors (Lipinski definition) is 9. The predicted octanol–water partition coefficient (Wildman–Crippen LogP) is 2.82. The lowest BCUT2D eigenvalue weighted by molar-refractivity contribution is 0.00694. The van der Waals surface area contributed by atoms with Crippen LogP contribution in [-0.4, -0.2) is 69.4 Å². The third kappa shape index (κ3) is 5.23. The van der Waals surface area contributed by atoms with Crippen LogP contribution in [0.5, 0.6) is 0 Å². The third-order valence-electron chi connectivity index (χ3n) is 7.01. The number of aromatic nitrogens is 3. The molecule has 38 heavy (non-hydrogen) atoms. The van der Waals surface area contributed by atoms with Crippen molar-refractivity contribution in [3.05, 3.63) is 39.7 Å². The van der Waals surface area contributed by atoms with E-state index in [0.29, 0.717) is 42.4 Å². The Balaban J connectivity index is 1.27. The van der Waals surface area contributed by atoms with Crippen molar-refractivity contribution in [1.82, 2.24) is 25.6 Å². The number of anilines is 2.